The second-order valence-electron chi connectivity index (χ2n) is 8.77. The minimum Gasteiger partial charge on any atom is -0.493 e. The highest BCUT2D eigenvalue weighted by Crippen LogP contribution is 2.38. The lowest BCUT2D eigenvalue weighted by atomic mass is 9.95. The zero-order valence-corrected chi connectivity index (χ0v) is 20.9. The van der Waals surface area contributed by atoms with Gasteiger partial charge in [-0.25, -0.2) is 9.97 Å². The Hall–Kier alpha value is -3.07. The van der Waals surface area contributed by atoms with Gasteiger partial charge in [0.1, 0.15) is 0 Å². The minimum atomic E-state index is 0.391. The number of fused-ring (bicyclic) bond motifs is 1. The van der Waals surface area contributed by atoms with Crippen LogP contribution in [0.2, 0.25) is 0 Å². The molecule has 0 spiro atoms. The second kappa shape index (κ2) is 9.66. The van der Waals surface area contributed by atoms with Gasteiger partial charge in [0.15, 0.2) is 22.5 Å². The molecule has 0 N–H and O–H groups in total. The molecule has 9 heteroatoms. The molecule has 1 aliphatic rings. The van der Waals surface area contributed by atoms with Crippen molar-refractivity contribution in [1.29, 1.82) is 0 Å². The molecule has 34 heavy (non-hydrogen) atoms. The highest BCUT2D eigenvalue weighted by molar-refractivity contribution is 7.98. The maximum atomic E-state index is 5.54. The lowest BCUT2D eigenvalue weighted by molar-refractivity contribution is 0.339. The number of hydrogen-bond acceptors (Lipinski definition) is 7. The topological polar surface area (TPSA) is 79.4 Å². The van der Waals surface area contributed by atoms with Crippen LogP contribution in [-0.4, -0.2) is 43.4 Å². The first kappa shape index (κ1) is 22.7. The highest BCUT2D eigenvalue weighted by atomic mass is 32.2. The van der Waals surface area contributed by atoms with Crippen molar-refractivity contribution < 1.29 is 9.47 Å². The Morgan fingerprint density at radius 3 is 2.53 bits per heavy atom. The van der Waals surface area contributed by atoms with Crippen LogP contribution in [0.4, 0.5) is 0 Å². The summed E-state index contributed by atoms with van der Waals surface area (Å²) in [4.78, 5) is 9.31. The molecule has 1 saturated carbocycles. The van der Waals surface area contributed by atoms with Crippen LogP contribution in [0.1, 0.15) is 55.2 Å². The van der Waals surface area contributed by atoms with Gasteiger partial charge in [0.25, 0.3) is 0 Å². The van der Waals surface area contributed by atoms with Crippen molar-refractivity contribution in [3.8, 4) is 22.9 Å². The number of rotatable bonds is 7. The predicted octanol–water partition coefficient (Wildman–Crippen LogP) is 5.42. The summed E-state index contributed by atoms with van der Waals surface area (Å²) in [6, 6.07) is 8.39. The van der Waals surface area contributed by atoms with Crippen molar-refractivity contribution in [3.63, 3.8) is 0 Å². The molecule has 4 aromatic rings. The maximum Gasteiger partial charge on any atom is 0.234 e. The van der Waals surface area contributed by atoms with E-state index in [4.69, 9.17) is 14.5 Å². The van der Waals surface area contributed by atoms with Gasteiger partial charge in [0.2, 0.25) is 5.78 Å². The number of benzene rings is 1. The normalized spacial score (nSPS) is 14.6. The van der Waals surface area contributed by atoms with E-state index >= 15 is 0 Å². The van der Waals surface area contributed by atoms with Gasteiger partial charge in [0.05, 0.1) is 19.9 Å². The Morgan fingerprint density at radius 2 is 1.76 bits per heavy atom. The fraction of sp³-hybridized carbons (Fsp3) is 0.440. The highest BCUT2D eigenvalue weighted by Gasteiger charge is 2.25. The molecule has 1 aliphatic carbocycles. The molecule has 0 aliphatic heterocycles. The minimum absolute atomic E-state index is 0.391. The van der Waals surface area contributed by atoms with E-state index < -0.39 is 0 Å². The quantitative estimate of drug-likeness (QED) is 0.328. The van der Waals surface area contributed by atoms with Crippen molar-refractivity contribution >= 4 is 17.5 Å². The molecular weight excluding hydrogens is 448 g/mol. The Morgan fingerprint density at radius 1 is 0.971 bits per heavy atom. The molecule has 0 radical (unpaired) electrons. The molecule has 8 nitrogen and oxygen atoms in total. The number of imidazole rings is 1. The van der Waals surface area contributed by atoms with Crippen molar-refractivity contribution in [2.24, 2.45) is 0 Å². The number of hydrogen-bond donors (Lipinski definition) is 0. The molecule has 0 atom stereocenters. The third-order valence-corrected chi connectivity index (χ3v) is 7.38. The molecule has 3 aromatic heterocycles. The second-order valence-corrected chi connectivity index (χ2v) is 9.71. The predicted molar refractivity (Wildman–Crippen MR) is 133 cm³/mol. The summed E-state index contributed by atoms with van der Waals surface area (Å²) < 4.78 is 15.3. The van der Waals surface area contributed by atoms with Crippen LogP contribution >= 0.6 is 11.8 Å². The van der Waals surface area contributed by atoms with Gasteiger partial charge in [-0.15, -0.1) is 10.2 Å². The van der Waals surface area contributed by atoms with E-state index in [1.165, 1.54) is 19.3 Å². The Bertz CT molecular complexity index is 1310. The Kier molecular flexibility index (Phi) is 6.45. The lowest BCUT2D eigenvalue weighted by Crippen LogP contribution is -2.15. The molecule has 3 heterocycles. The first-order valence-electron chi connectivity index (χ1n) is 11.7. The standard InChI is InChI=1S/C25H30N6O2S/c1-16-12-17(2)30-14-19(27-24(30)26-16)15-34-25-29-28-23(31(25)20-8-6-5-7-9-20)18-10-11-21(32-3)22(13-18)33-4/h10-14,20H,5-9,15H2,1-4H3. The van der Waals surface area contributed by atoms with Crippen LogP contribution in [0, 0.1) is 13.8 Å². The van der Waals surface area contributed by atoms with Gasteiger partial charge >= 0.3 is 0 Å². The zero-order valence-electron chi connectivity index (χ0n) is 20.1. The van der Waals surface area contributed by atoms with Crippen molar-refractivity contribution in [2.75, 3.05) is 14.2 Å². The number of thioether (sulfide) groups is 1. The zero-order chi connectivity index (χ0) is 23.7. The summed E-state index contributed by atoms with van der Waals surface area (Å²) in [7, 11) is 3.30. The van der Waals surface area contributed by atoms with Crippen molar-refractivity contribution in [3.05, 3.63) is 47.5 Å². The monoisotopic (exact) mass is 478 g/mol. The molecule has 178 valence electrons. The first-order valence-corrected chi connectivity index (χ1v) is 12.7. The van der Waals surface area contributed by atoms with Crippen LogP contribution in [0.25, 0.3) is 17.2 Å². The molecule has 5 rings (SSSR count). The average molecular weight is 479 g/mol. The fourth-order valence-electron chi connectivity index (χ4n) is 4.74. The molecule has 0 saturated heterocycles. The van der Waals surface area contributed by atoms with E-state index in [2.05, 4.69) is 38.9 Å². The summed E-state index contributed by atoms with van der Waals surface area (Å²) >= 11 is 1.68. The molecule has 1 fully saturated rings. The van der Waals surface area contributed by atoms with Gasteiger partial charge in [-0.3, -0.25) is 8.97 Å². The fourth-order valence-corrected chi connectivity index (χ4v) is 5.63. The molecule has 0 unspecified atom stereocenters. The summed E-state index contributed by atoms with van der Waals surface area (Å²) in [6.45, 7) is 4.08. The van der Waals surface area contributed by atoms with E-state index in [1.54, 1.807) is 26.0 Å². The summed E-state index contributed by atoms with van der Waals surface area (Å²) in [6.07, 6.45) is 8.11. The molecule has 0 bridgehead atoms. The molecule has 1 aromatic carbocycles. The SMILES string of the molecule is COc1ccc(-c2nnc(SCc3cn4c(C)cc(C)nc4n3)n2C2CCCCC2)cc1OC. The van der Waals surface area contributed by atoms with Crippen LogP contribution < -0.4 is 9.47 Å². The van der Waals surface area contributed by atoms with Crippen LogP contribution in [-0.2, 0) is 5.75 Å². The molecule has 0 amide bonds. The average Bonchev–Trinajstić information content (AvgIpc) is 3.47. The van der Waals surface area contributed by atoms with Gasteiger partial charge in [-0.05, 0) is 51.0 Å². The summed E-state index contributed by atoms with van der Waals surface area (Å²) in [5.41, 5.74) is 4.07. The van der Waals surface area contributed by atoms with Crippen LogP contribution in [0.3, 0.4) is 0 Å². The maximum absolute atomic E-state index is 5.54. The number of aryl methyl sites for hydroxylation is 2. The van der Waals surface area contributed by atoms with Crippen LogP contribution in [0.15, 0.2) is 35.6 Å². The summed E-state index contributed by atoms with van der Waals surface area (Å²) in [5.74, 6) is 3.72. The number of methoxy groups -OCH3 is 2. The Balaban J connectivity index is 1.48. The van der Waals surface area contributed by atoms with Gasteiger partial charge < -0.3 is 9.47 Å². The third-order valence-electron chi connectivity index (χ3n) is 6.41. The van der Waals surface area contributed by atoms with Crippen molar-refractivity contribution in [1.82, 2.24) is 29.1 Å². The van der Waals surface area contributed by atoms with E-state index in [-0.39, 0.29) is 0 Å². The number of aromatic nitrogens is 6. The summed E-state index contributed by atoms with van der Waals surface area (Å²) in [5, 5.41) is 10.2. The third kappa shape index (κ3) is 4.36. The number of nitrogens with zero attached hydrogens (tertiary/aromatic N) is 6. The smallest absolute Gasteiger partial charge is 0.234 e. The number of ether oxygens (including phenoxy) is 2. The lowest BCUT2D eigenvalue weighted by Gasteiger charge is -2.25. The van der Waals surface area contributed by atoms with E-state index in [9.17, 15) is 0 Å². The Labute approximate surface area is 203 Å². The van der Waals surface area contributed by atoms with E-state index in [0.29, 0.717) is 23.3 Å². The van der Waals surface area contributed by atoms with Gasteiger partial charge in [0, 0.05) is 34.9 Å². The largest absolute Gasteiger partial charge is 0.493 e. The van der Waals surface area contributed by atoms with Crippen LogP contribution in [0.5, 0.6) is 11.5 Å². The molecular formula is C25H30N6O2S. The van der Waals surface area contributed by atoms with Crippen molar-refractivity contribution in [2.45, 2.75) is 62.9 Å². The van der Waals surface area contributed by atoms with E-state index in [1.807, 2.05) is 29.5 Å². The van der Waals surface area contributed by atoms with Gasteiger partial charge in [-0.2, -0.15) is 0 Å². The van der Waals surface area contributed by atoms with E-state index in [0.717, 1.165) is 52.2 Å². The van der Waals surface area contributed by atoms with Gasteiger partial charge in [-0.1, -0.05) is 31.0 Å². The first-order chi connectivity index (χ1) is 16.6.